The zero-order chi connectivity index (χ0) is 13.8. The number of aryl methyl sites for hydroxylation is 1. The predicted molar refractivity (Wildman–Crippen MR) is 75.3 cm³/mol. The van der Waals surface area contributed by atoms with Crippen LogP contribution in [0.25, 0.3) is 11.0 Å². The van der Waals surface area contributed by atoms with Gasteiger partial charge in [0.15, 0.2) is 0 Å². The maximum absolute atomic E-state index is 13.4. The van der Waals surface area contributed by atoms with E-state index in [1.165, 1.54) is 12.1 Å². The zero-order valence-corrected chi connectivity index (χ0v) is 12.0. The molecule has 0 amide bonds. The minimum atomic E-state index is -0.255. The lowest BCUT2D eigenvalue weighted by Gasteiger charge is -2.17. The van der Waals surface area contributed by atoms with Crippen LogP contribution in [0.5, 0.6) is 0 Å². The van der Waals surface area contributed by atoms with E-state index in [1.54, 1.807) is 6.07 Å². The van der Waals surface area contributed by atoms with Crippen molar-refractivity contribution in [1.82, 2.24) is 9.55 Å². The Balaban J connectivity index is 2.46. The Morgan fingerprint density at radius 2 is 2.26 bits per heavy atom. The number of benzene rings is 1. The van der Waals surface area contributed by atoms with Gasteiger partial charge in [-0.2, -0.15) is 0 Å². The third-order valence-electron chi connectivity index (χ3n) is 3.05. The maximum Gasteiger partial charge on any atom is 0.125 e. The topological polar surface area (TPSA) is 27.1 Å². The molecule has 3 nitrogen and oxygen atoms in total. The maximum atomic E-state index is 13.4. The molecular formula is C14H18ClFN2O. The quantitative estimate of drug-likeness (QED) is 0.759. The van der Waals surface area contributed by atoms with Crippen LogP contribution in [0.3, 0.4) is 0 Å². The van der Waals surface area contributed by atoms with E-state index in [4.69, 9.17) is 16.3 Å². The molecule has 2 rings (SSSR count). The van der Waals surface area contributed by atoms with Crippen molar-refractivity contribution in [2.45, 2.75) is 26.3 Å². The van der Waals surface area contributed by atoms with Crippen LogP contribution in [0.15, 0.2) is 18.2 Å². The Hall–Kier alpha value is -1.13. The summed E-state index contributed by atoms with van der Waals surface area (Å²) in [5.41, 5.74) is 1.59. The summed E-state index contributed by atoms with van der Waals surface area (Å²) in [6.45, 7) is 5.24. The van der Waals surface area contributed by atoms with Crippen molar-refractivity contribution in [1.29, 1.82) is 0 Å². The average molecular weight is 285 g/mol. The lowest BCUT2D eigenvalue weighted by molar-refractivity contribution is 0.119. The SMILES string of the molecule is CCOCC(C)n1c(CCCl)nc2ccc(F)cc21. The highest BCUT2D eigenvalue weighted by Gasteiger charge is 2.16. The third-order valence-corrected chi connectivity index (χ3v) is 3.24. The van der Waals surface area contributed by atoms with Gasteiger partial charge in [-0.25, -0.2) is 9.37 Å². The smallest absolute Gasteiger partial charge is 0.125 e. The van der Waals surface area contributed by atoms with Gasteiger partial charge in [-0.3, -0.25) is 0 Å². The summed E-state index contributed by atoms with van der Waals surface area (Å²) in [5.74, 6) is 1.12. The number of alkyl halides is 1. The van der Waals surface area contributed by atoms with Crippen molar-refractivity contribution in [3.8, 4) is 0 Å². The van der Waals surface area contributed by atoms with E-state index in [0.717, 1.165) is 16.9 Å². The van der Waals surface area contributed by atoms with Crippen molar-refractivity contribution in [3.63, 3.8) is 0 Å². The molecule has 0 aliphatic carbocycles. The first-order valence-corrected chi connectivity index (χ1v) is 7.01. The van der Waals surface area contributed by atoms with E-state index in [2.05, 4.69) is 4.98 Å². The Labute approximate surface area is 117 Å². The molecule has 0 N–H and O–H groups in total. The lowest BCUT2D eigenvalue weighted by Crippen LogP contribution is -2.15. The highest BCUT2D eigenvalue weighted by atomic mass is 35.5. The predicted octanol–water partition coefficient (Wildman–Crippen LogP) is 3.55. The first kappa shape index (κ1) is 14.3. The van der Waals surface area contributed by atoms with Crippen LogP contribution < -0.4 is 0 Å². The van der Waals surface area contributed by atoms with Gasteiger partial charge in [0, 0.05) is 18.9 Å². The first-order chi connectivity index (χ1) is 9.17. The fourth-order valence-electron chi connectivity index (χ4n) is 2.23. The molecule has 1 atom stereocenters. The molecule has 0 radical (unpaired) electrons. The number of hydrogen-bond donors (Lipinski definition) is 0. The lowest BCUT2D eigenvalue weighted by atomic mass is 10.2. The molecule has 0 bridgehead atoms. The molecule has 0 fully saturated rings. The zero-order valence-electron chi connectivity index (χ0n) is 11.2. The molecule has 5 heteroatoms. The second-order valence-corrected chi connectivity index (χ2v) is 4.86. The Morgan fingerprint density at radius 3 is 2.95 bits per heavy atom. The van der Waals surface area contributed by atoms with Crippen molar-refractivity contribution in [2.24, 2.45) is 0 Å². The number of hydrogen-bond acceptors (Lipinski definition) is 2. The minimum absolute atomic E-state index is 0.102. The molecule has 104 valence electrons. The molecule has 0 spiro atoms. The molecule has 1 heterocycles. The Morgan fingerprint density at radius 1 is 1.47 bits per heavy atom. The summed E-state index contributed by atoms with van der Waals surface area (Å²) in [7, 11) is 0. The van der Waals surface area contributed by atoms with Crippen molar-refractivity contribution < 1.29 is 9.13 Å². The number of halogens is 2. The molecule has 19 heavy (non-hydrogen) atoms. The first-order valence-electron chi connectivity index (χ1n) is 6.47. The number of rotatable bonds is 6. The van der Waals surface area contributed by atoms with Crippen LogP contribution >= 0.6 is 11.6 Å². The molecule has 1 aromatic carbocycles. The Bertz CT molecular complexity index is 556. The van der Waals surface area contributed by atoms with Gasteiger partial charge >= 0.3 is 0 Å². The largest absolute Gasteiger partial charge is 0.380 e. The highest BCUT2D eigenvalue weighted by Crippen LogP contribution is 2.23. The summed E-state index contributed by atoms with van der Waals surface area (Å²) in [4.78, 5) is 4.53. The van der Waals surface area contributed by atoms with Gasteiger partial charge in [0.05, 0.1) is 23.7 Å². The Kier molecular flexibility index (Phi) is 4.77. The molecule has 0 aliphatic heterocycles. The number of aromatic nitrogens is 2. The highest BCUT2D eigenvalue weighted by molar-refractivity contribution is 6.17. The second-order valence-electron chi connectivity index (χ2n) is 4.48. The fraction of sp³-hybridized carbons (Fsp3) is 0.500. The number of fused-ring (bicyclic) bond motifs is 1. The van der Waals surface area contributed by atoms with Crippen LogP contribution in [-0.4, -0.2) is 28.6 Å². The van der Waals surface area contributed by atoms with Crippen LogP contribution in [-0.2, 0) is 11.2 Å². The molecule has 1 aromatic heterocycles. The van der Waals surface area contributed by atoms with E-state index in [9.17, 15) is 4.39 Å². The molecule has 0 saturated carbocycles. The monoisotopic (exact) mass is 284 g/mol. The van der Waals surface area contributed by atoms with E-state index in [1.807, 2.05) is 18.4 Å². The van der Waals surface area contributed by atoms with Gasteiger partial charge < -0.3 is 9.30 Å². The average Bonchev–Trinajstić information content (AvgIpc) is 2.73. The molecule has 0 aliphatic rings. The number of ether oxygens (including phenoxy) is 1. The second kappa shape index (κ2) is 6.35. The molecule has 0 saturated heterocycles. The van der Waals surface area contributed by atoms with E-state index in [0.29, 0.717) is 25.5 Å². The number of imidazole rings is 1. The fourth-order valence-corrected chi connectivity index (χ4v) is 2.40. The molecule has 1 unspecified atom stereocenters. The van der Waals surface area contributed by atoms with Crippen LogP contribution in [0.2, 0.25) is 0 Å². The molecule has 2 aromatic rings. The van der Waals surface area contributed by atoms with E-state index in [-0.39, 0.29) is 11.9 Å². The van der Waals surface area contributed by atoms with Crippen molar-refractivity contribution in [2.75, 3.05) is 19.1 Å². The van der Waals surface area contributed by atoms with Crippen LogP contribution in [0, 0.1) is 5.82 Å². The summed E-state index contributed by atoms with van der Waals surface area (Å²) >= 11 is 5.82. The van der Waals surface area contributed by atoms with Crippen LogP contribution in [0.4, 0.5) is 4.39 Å². The third kappa shape index (κ3) is 3.07. The standard InChI is InChI=1S/C14H18ClFN2O/c1-3-19-9-10(2)18-13-8-11(16)4-5-12(13)17-14(18)6-7-15/h4-5,8,10H,3,6-7,9H2,1-2H3. The van der Waals surface area contributed by atoms with Crippen LogP contribution in [0.1, 0.15) is 25.7 Å². The minimum Gasteiger partial charge on any atom is -0.380 e. The van der Waals surface area contributed by atoms with Crippen molar-refractivity contribution >= 4 is 22.6 Å². The van der Waals surface area contributed by atoms with Crippen molar-refractivity contribution in [3.05, 3.63) is 29.8 Å². The summed E-state index contributed by atoms with van der Waals surface area (Å²) in [5, 5.41) is 0. The van der Waals surface area contributed by atoms with Gasteiger partial charge in [-0.15, -0.1) is 11.6 Å². The summed E-state index contributed by atoms with van der Waals surface area (Å²) in [6.07, 6.45) is 0.661. The van der Waals surface area contributed by atoms with Gasteiger partial charge in [0.25, 0.3) is 0 Å². The van der Waals surface area contributed by atoms with Gasteiger partial charge in [0.2, 0.25) is 0 Å². The summed E-state index contributed by atoms with van der Waals surface area (Å²) < 4.78 is 20.9. The van der Waals surface area contributed by atoms with Gasteiger partial charge in [-0.1, -0.05) is 0 Å². The van der Waals surface area contributed by atoms with Gasteiger partial charge in [-0.05, 0) is 32.0 Å². The van der Waals surface area contributed by atoms with E-state index >= 15 is 0 Å². The molecular weight excluding hydrogens is 267 g/mol. The van der Waals surface area contributed by atoms with Gasteiger partial charge in [0.1, 0.15) is 11.6 Å². The normalized spacial score (nSPS) is 13.1. The van der Waals surface area contributed by atoms with E-state index < -0.39 is 0 Å². The summed E-state index contributed by atoms with van der Waals surface area (Å²) in [6, 6.07) is 4.75. The number of nitrogens with zero attached hydrogens (tertiary/aromatic N) is 2.